The van der Waals surface area contributed by atoms with E-state index in [-0.39, 0.29) is 0 Å². The van der Waals surface area contributed by atoms with Crippen LogP contribution in [0.5, 0.6) is 0 Å². The molecule has 0 aromatic heterocycles. The van der Waals surface area contributed by atoms with Crippen LogP contribution < -0.4 is 0 Å². The molecule has 1 rings (SSSR count). The molecule has 0 saturated carbocycles. The average molecular weight is 241 g/mol. The van der Waals surface area contributed by atoms with E-state index in [1.54, 1.807) is 0 Å². The van der Waals surface area contributed by atoms with Gasteiger partial charge in [0.05, 0.1) is 11.1 Å². The molecule has 0 N–H and O–H groups in total. The molecule has 1 nitrogen and oxygen atoms in total. The van der Waals surface area contributed by atoms with E-state index in [1.807, 2.05) is 0 Å². The molecule has 6 heteroatoms. The topological polar surface area (TPSA) is 17.1 Å². The number of alkyl halides is 3. The predicted molar refractivity (Wildman–Crippen MR) is 46.4 cm³/mol. The van der Waals surface area contributed by atoms with Crippen LogP contribution >= 0.6 is 11.6 Å². The van der Waals surface area contributed by atoms with Crippen molar-refractivity contribution in [1.29, 1.82) is 0 Å². The van der Waals surface area contributed by atoms with Gasteiger partial charge in [-0.25, -0.2) is 4.39 Å². The zero-order valence-corrected chi connectivity index (χ0v) is 8.21. The number of carbonyl (C=O) groups excluding carboxylic acids is 1. The van der Waals surface area contributed by atoms with Crippen LogP contribution in [0.1, 0.15) is 22.8 Å². The summed E-state index contributed by atoms with van der Waals surface area (Å²) in [7, 11) is 0. The molecule has 0 unspecified atom stereocenters. The van der Waals surface area contributed by atoms with Crippen molar-refractivity contribution in [2.24, 2.45) is 0 Å². The van der Waals surface area contributed by atoms with Gasteiger partial charge in [-0.2, -0.15) is 13.2 Å². The second kappa shape index (κ2) is 3.81. The van der Waals surface area contributed by atoms with Gasteiger partial charge in [0.15, 0.2) is 5.78 Å². The lowest BCUT2D eigenvalue weighted by Gasteiger charge is -2.11. The Morgan fingerprint density at radius 1 is 1.33 bits per heavy atom. The first-order chi connectivity index (χ1) is 6.73. The maximum absolute atomic E-state index is 13.1. The summed E-state index contributed by atoms with van der Waals surface area (Å²) >= 11 is 5.28. The van der Waals surface area contributed by atoms with E-state index >= 15 is 0 Å². The van der Waals surface area contributed by atoms with E-state index in [0.717, 1.165) is 6.92 Å². The lowest BCUT2D eigenvalue weighted by molar-refractivity contribution is -0.138. The van der Waals surface area contributed by atoms with Crippen LogP contribution in [-0.2, 0) is 6.18 Å². The standard InChI is InChI=1S/C9H5ClF4O/c1-4(15)8-6(9(12,13)14)2-5(10)3-7(8)11/h2-3H,1H3. The highest BCUT2D eigenvalue weighted by Crippen LogP contribution is 2.35. The van der Waals surface area contributed by atoms with E-state index in [1.165, 1.54) is 0 Å². The Kier molecular flexibility index (Phi) is 3.04. The highest BCUT2D eigenvalue weighted by atomic mass is 35.5. The third kappa shape index (κ3) is 2.47. The van der Waals surface area contributed by atoms with Crippen LogP contribution in [0.15, 0.2) is 12.1 Å². The molecule has 0 aliphatic heterocycles. The average Bonchev–Trinajstić information content (AvgIpc) is 1.99. The summed E-state index contributed by atoms with van der Waals surface area (Å²) in [4.78, 5) is 10.9. The Morgan fingerprint density at radius 2 is 1.87 bits per heavy atom. The number of hydrogen-bond donors (Lipinski definition) is 0. The van der Waals surface area contributed by atoms with E-state index in [9.17, 15) is 22.4 Å². The highest BCUT2D eigenvalue weighted by molar-refractivity contribution is 6.30. The molecule has 0 atom stereocenters. The quantitative estimate of drug-likeness (QED) is 0.540. The van der Waals surface area contributed by atoms with Gasteiger partial charge in [0.25, 0.3) is 0 Å². The molecule has 0 heterocycles. The summed E-state index contributed by atoms with van der Waals surface area (Å²) in [5, 5.41) is -0.398. The number of hydrogen-bond acceptors (Lipinski definition) is 1. The second-order valence-corrected chi connectivity index (χ2v) is 3.30. The maximum atomic E-state index is 13.1. The molecule has 0 saturated heterocycles. The van der Waals surface area contributed by atoms with Gasteiger partial charge in [-0.05, 0) is 19.1 Å². The van der Waals surface area contributed by atoms with Gasteiger partial charge >= 0.3 is 6.18 Å². The number of benzene rings is 1. The summed E-state index contributed by atoms with van der Waals surface area (Å²) in [6, 6.07) is 1.20. The van der Waals surface area contributed by atoms with Gasteiger partial charge in [0.2, 0.25) is 0 Å². The lowest BCUT2D eigenvalue weighted by atomic mass is 10.0. The van der Waals surface area contributed by atoms with Crippen molar-refractivity contribution in [1.82, 2.24) is 0 Å². The van der Waals surface area contributed by atoms with Crippen LogP contribution in [0, 0.1) is 5.82 Å². The number of halogens is 5. The summed E-state index contributed by atoms with van der Waals surface area (Å²) in [5.41, 5.74) is -2.33. The van der Waals surface area contributed by atoms with Crippen LogP contribution in [-0.4, -0.2) is 5.78 Å². The third-order valence-corrected chi connectivity index (χ3v) is 1.93. The Hall–Kier alpha value is -1.10. The van der Waals surface area contributed by atoms with Crippen molar-refractivity contribution in [3.05, 3.63) is 34.1 Å². The molecule has 0 radical (unpaired) electrons. The first-order valence-electron chi connectivity index (χ1n) is 3.80. The van der Waals surface area contributed by atoms with E-state index in [4.69, 9.17) is 11.6 Å². The Balaban J connectivity index is 3.54. The van der Waals surface area contributed by atoms with Crippen LogP contribution in [0.3, 0.4) is 0 Å². The third-order valence-electron chi connectivity index (χ3n) is 1.71. The molecule has 15 heavy (non-hydrogen) atoms. The monoisotopic (exact) mass is 240 g/mol. The fourth-order valence-electron chi connectivity index (χ4n) is 1.15. The number of rotatable bonds is 1. The second-order valence-electron chi connectivity index (χ2n) is 2.86. The molecule has 0 bridgehead atoms. The highest BCUT2D eigenvalue weighted by Gasteiger charge is 2.36. The van der Waals surface area contributed by atoms with Gasteiger partial charge in [-0.15, -0.1) is 0 Å². The number of Topliss-reactive ketones (excluding diaryl/α,β-unsaturated/α-hetero) is 1. The zero-order chi connectivity index (χ0) is 11.8. The van der Waals surface area contributed by atoms with Gasteiger partial charge in [-0.1, -0.05) is 11.6 Å². The predicted octanol–water partition coefficient (Wildman–Crippen LogP) is 3.70. The molecular formula is C9H5ClF4O. The van der Waals surface area contributed by atoms with Crippen molar-refractivity contribution in [2.45, 2.75) is 13.1 Å². The molecule has 0 fully saturated rings. The van der Waals surface area contributed by atoms with Crippen molar-refractivity contribution >= 4 is 17.4 Å². The van der Waals surface area contributed by atoms with Gasteiger partial charge in [-0.3, -0.25) is 4.79 Å². The molecular weight excluding hydrogens is 236 g/mol. The smallest absolute Gasteiger partial charge is 0.294 e. The molecule has 0 aliphatic rings. The molecule has 1 aromatic carbocycles. The minimum absolute atomic E-state index is 0.398. The van der Waals surface area contributed by atoms with Crippen LogP contribution in [0.25, 0.3) is 0 Å². The first kappa shape index (κ1) is 12.0. The maximum Gasteiger partial charge on any atom is 0.417 e. The molecule has 82 valence electrons. The van der Waals surface area contributed by atoms with E-state index < -0.39 is 33.9 Å². The van der Waals surface area contributed by atoms with Crippen molar-refractivity contribution in [3.8, 4) is 0 Å². The number of ketones is 1. The van der Waals surface area contributed by atoms with Crippen molar-refractivity contribution in [3.63, 3.8) is 0 Å². The Labute approximate surface area is 87.7 Å². The SMILES string of the molecule is CC(=O)c1c(F)cc(Cl)cc1C(F)(F)F. The van der Waals surface area contributed by atoms with Gasteiger partial charge < -0.3 is 0 Å². The minimum atomic E-state index is -4.80. The van der Waals surface area contributed by atoms with Gasteiger partial charge in [0, 0.05) is 5.02 Å². The minimum Gasteiger partial charge on any atom is -0.294 e. The number of carbonyl (C=O) groups is 1. The molecule has 0 spiro atoms. The fourth-order valence-corrected chi connectivity index (χ4v) is 1.36. The molecule has 0 amide bonds. The van der Waals surface area contributed by atoms with E-state index in [0.29, 0.717) is 12.1 Å². The summed E-state index contributed by atoms with van der Waals surface area (Å²) in [5.74, 6) is -2.25. The molecule has 1 aromatic rings. The van der Waals surface area contributed by atoms with Gasteiger partial charge in [0.1, 0.15) is 5.82 Å². The first-order valence-corrected chi connectivity index (χ1v) is 4.18. The van der Waals surface area contributed by atoms with E-state index in [2.05, 4.69) is 0 Å². The fraction of sp³-hybridized carbons (Fsp3) is 0.222. The van der Waals surface area contributed by atoms with Crippen LogP contribution in [0.4, 0.5) is 17.6 Å². The largest absolute Gasteiger partial charge is 0.417 e. The van der Waals surface area contributed by atoms with Crippen molar-refractivity contribution in [2.75, 3.05) is 0 Å². The Bertz CT molecular complexity index is 411. The molecule has 0 aliphatic carbocycles. The normalized spacial score (nSPS) is 11.6. The summed E-state index contributed by atoms with van der Waals surface area (Å²) in [6.07, 6.45) is -4.80. The summed E-state index contributed by atoms with van der Waals surface area (Å²) in [6.45, 7) is 0.863. The zero-order valence-electron chi connectivity index (χ0n) is 7.45. The summed E-state index contributed by atoms with van der Waals surface area (Å²) < 4.78 is 50.3. The lowest BCUT2D eigenvalue weighted by Crippen LogP contribution is -2.13. The Morgan fingerprint density at radius 3 is 2.27 bits per heavy atom. The van der Waals surface area contributed by atoms with Crippen molar-refractivity contribution < 1.29 is 22.4 Å². The van der Waals surface area contributed by atoms with Crippen LogP contribution in [0.2, 0.25) is 5.02 Å².